The lowest BCUT2D eigenvalue weighted by atomic mass is 10.1. The second-order valence-electron chi connectivity index (χ2n) is 3.81. The molecule has 0 bridgehead atoms. The van der Waals surface area contributed by atoms with Crippen LogP contribution in [-0.4, -0.2) is 29.8 Å². The van der Waals surface area contributed by atoms with E-state index in [1.54, 1.807) is 6.20 Å². The molecule has 0 spiro atoms. The Morgan fingerprint density at radius 2 is 2.12 bits per heavy atom. The quantitative estimate of drug-likeness (QED) is 0.797. The van der Waals surface area contributed by atoms with E-state index in [1.807, 2.05) is 36.4 Å². The molecule has 2 rings (SSSR count). The minimum Gasteiger partial charge on any atom is -0.395 e. The highest BCUT2D eigenvalue weighted by atomic mass is 16.3. The van der Waals surface area contributed by atoms with Gasteiger partial charge in [0.2, 0.25) is 0 Å². The molecule has 1 heterocycles. The predicted octanol–water partition coefficient (Wildman–Crippen LogP) is 2.22. The Labute approximate surface area is 101 Å². The van der Waals surface area contributed by atoms with Crippen molar-refractivity contribution in [2.45, 2.75) is 0 Å². The highest BCUT2D eigenvalue weighted by Gasteiger charge is 2.08. The molecule has 0 aliphatic carbocycles. The van der Waals surface area contributed by atoms with Gasteiger partial charge in [-0.25, -0.2) is 0 Å². The minimum atomic E-state index is 0.129. The van der Waals surface area contributed by atoms with Crippen LogP contribution in [0.4, 0.5) is 5.69 Å². The summed E-state index contributed by atoms with van der Waals surface area (Å²) in [7, 11) is 0. The molecule has 0 fully saturated rings. The summed E-state index contributed by atoms with van der Waals surface area (Å²) in [5, 5.41) is 10.2. The Morgan fingerprint density at radius 3 is 2.88 bits per heavy atom. The van der Waals surface area contributed by atoms with E-state index in [0.717, 1.165) is 16.6 Å². The van der Waals surface area contributed by atoms with Crippen molar-refractivity contribution in [1.82, 2.24) is 4.98 Å². The number of pyridine rings is 1. The van der Waals surface area contributed by atoms with Crippen LogP contribution in [0.15, 0.2) is 49.2 Å². The van der Waals surface area contributed by atoms with E-state index in [2.05, 4.69) is 16.5 Å². The molecule has 88 valence electrons. The third kappa shape index (κ3) is 2.45. The summed E-state index contributed by atoms with van der Waals surface area (Å²) in [5.41, 5.74) is 2.06. The number of fused-ring (bicyclic) bond motifs is 1. The van der Waals surface area contributed by atoms with Crippen molar-refractivity contribution in [2.24, 2.45) is 0 Å². The number of aliphatic hydroxyl groups is 1. The van der Waals surface area contributed by atoms with Gasteiger partial charge in [-0.15, -0.1) is 6.58 Å². The Morgan fingerprint density at radius 1 is 1.29 bits per heavy atom. The fraction of sp³-hybridized carbons (Fsp3) is 0.214. The SMILES string of the molecule is C=CCN(CCO)c1ccnc2ccccc12. The summed E-state index contributed by atoms with van der Waals surface area (Å²) < 4.78 is 0. The standard InChI is InChI=1S/C14H16N2O/c1-2-9-16(10-11-17)14-7-8-15-13-6-4-3-5-12(13)14/h2-8,17H,1,9-11H2. The van der Waals surface area contributed by atoms with Crippen molar-refractivity contribution < 1.29 is 5.11 Å². The zero-order chi connectivity index (χ0) is 12.1. The lowest BCUT2D eigenvalue weighted by Gasteiger charge is -2.23. The second kappa shape index (κ2) is 5.46. The summed E-state index contributed by atoms with van der Waals surface area (Å²) in [5.74, 6) is 0. The van der Waals surface area contributed by atoms with Crippen molar-refractivity contribution >= 4 is 16.6 Å². The van der Waals surface area contributed by atoms with Gasteiger partial charge < -0.3 is 10.0 Å². The van der Waals surface area contributed by atoms with Crippen LogP contribution < -0.4 is 4.90 Å². The Balaban J connectivity index is 2.48. The highest BCUT2D eigenvalue weighted by molar-refractivity contribution is 5.91. The van der Waals surface area contributed by atoms with Crippen LogP contribution in [-0.2, 0) is 0 Å². The van der Waals surface area contributed by atoms with Crippen LogP contribution in [0.1, 0.15) is 0 Å². The molecule has 0 atom stereocenters. The molecule has 1 aromatic heterocycles. The Hall–Kier alpha value is -1.87. The number of para-hydroxylation sites is 1. The van der Waals surface area contributed by atoms with Crippen molar-refractivity contribution in [3.8, 4) is 0 Å². The molecule has 3 nitrogen and oxygen atoms in total. The first-order valence-electron chi connectivity index (χ1n) is 5.67. The number of hydrogen-bond donors (Lipinski definition) is 1. The molecule has 0 aliphatic heterocycles. The van der Waals surface area contributed by atoms with Gasteiger partial charge in [0.1, 0.15) is 0 Å². The fourth-order valence-corrected chi connectivity index (χ4v) is 1.94. The molecule has 0 aliphatic rings. The lowest BCUT2D eigenvalue weighted by Crippen LogP contribution is -2.26. The summed E-state index contributed by atoms with van der Waals surface area (Å²) >= 11 is 0. The topological polar surface area (TPSA) is 36.4 Å². The van der Waals surface area contributed by atoms with Gasteiger partial charge in [0.25, 0.3) is 0 Å². The first kappa shape index (κ1) is 11.6. The summed E-state index contributed by atoms with van der Waals surface area (Å²) in [6.07, 6.45) is 3.63. The van der Waals surface area contributed by atoms with Crippen molar-refractivity contribution in [3.05, 3.63) is 49.2 Å². The lowest BCUT2D eigenvalue weighted by molar-refractivity contribution is 0.303. The van der Waals surface area contributed by atoms with Crippen LogP contribution in [0.5, 0.6) is 0 Å². The summed E-state index contributed by atoms with van der Waals surface area (Å²) in [6, 6.07) is 9.98. The first-order chi connectivity index (χ1) is 8.36. The van der Waals surface area contributed by atoms with Crippen LogP contribution >= 0.6 is 0 Å². The number of rotatable bonds is 5. The average Bonchev–Trinajstić information content (AvgIpc) is 2.38. The van der Waals surface area contributed by atoms with Crippen LogP contribution in [0.25, 0.3) is 10.9 Å². The molecule has 0 radical (unpaired) electrons. The predicted molar refractivity (Wildman–Crippen MR) is 71.2 cm³/mol. The van der Waals surface area contributed by atoms with Crippen LogP contribution in [0.2, 0.25) is 0 Å². The van der Waals surface area contributed by atoms with Gasteiger partial charge in [0.05, 0.1) is 12.1 Å². The second-order valence-corrected chi connectivity index (χ2v) is 3.81. The molecule has 0 saturated carbocycles. The number of benzene rings is 1. The maximum Gasteiger partial charge on any atom is 0.0722 e. The van der Waals surface area contributed by atoms with Gasteiger partial charge in [-0.3, -0.25) is 4.98 Å². The molecule has 3 heteroatoms. The zero-order valence-corrected chi connectivity index (χ0v) is 9.71. The van der Waals surface area contributed by atoms with Crippen molar-refractivity contribution in [2.75, 3.05) is 24.6 Å². The molecule has 2 aromatic rings. The van der Waals surface area contributed by atoms with Crippen LogP contribution in [0.3, 0.4) is 0 Å². The molecule has 0 amide bonds. The van der Waals surface area contributed by atoms with Gasteiger partial charge in [0, 0.05) is 30.4 Å². The number of anilines is 1. The molecule has 0 saturated heterocycles. The average molecular weight is 228 g/mol. The largest absolute Gasteiger partial charge is 0.395 e. The zero-order valence-electron chi connectivity index (χ0n) is 9.71. The molecule has 0 unspecified atom stereocenters. The number of aliphatic hydroxyl groups excluding tert-OH is 1. The van der Waals surface area contributed by atoms with E-state index >= 15 is 0 Å². The molecular formula is C14H16N2O. The maximum absolute atomic E-state index is 9.11. The van der Waals surface area contributed by atoms with Crippen molar-refractivity contribution in [3.63, 3.8) is 0 Å². The van der Waals surface area contributed by atoms with Gasteiger partial charge >= 0.3 is 0 Å². The van der Waals surface area contributed by atoms with Gasteiger partial charge in [0.15, 0.2) is 0 Å². The third-order valence-corrected chi connectivity index (χ3v) is 2.69. The van der Waals surface area contributed by atoms with Gasteiger partial charge in [-0.2, -0.15) is 0 Å². The Kier molecular flexibility index (Phi) is 3.73. The molecule has 1 aromatic carbocycles. The Bertz CT molecular complexity index is 505. The number of nitrogens with zero attached hydrogens (tertiary/aromatic N) is 2. The maximum atomic E-state index is 9.11. The van der Waals surface area contributed by atoms with E-state index in [9.17, 15) is 0 Å². The first-order valence-corrected chi connectivity index (χ1v) is 5.67. The normalized spacial score (nSPS) is 10.4. The number of hydrogen-bond acceptors (Lipinski definition) is 3. The van der Waals surface area contributed by atoms with Gasteiger partial charge in [-0.05, 0) is 12.1 Å². The monoisotopic (exact) mass is 228 g/mol. The summed E-state index contributed by atoms with van der Waals surface area (Å²) in [6.45, 7) is 5.19. The highest BCUT2D eigenvalue weighted by Crippen LogP contribution is 2.24. The van der Waals surface area contributed by atoms with E-state index in [0.29, 0.717) is 13.1 Å². The van der Waals surface area contributed by atoms with Crippen LogP contribution in [0, 0.1) is 0 Å². The fourth-order valence-electron chi connectivity index (χ4n) is 1.94. The van der Waals surface area contributed by atoms with E-state index in [4.69, 9.17) is 5.11 Å². The van der Waals surface area contributed by atoms with E-state index in [1.165, 1.54) is 0 Å². The molecular weight excluding hydrogens is 212 g/mol. The van der Waals surface area contributed by atoms with Crippen molar-refractivity contribution in [1.29, 1.82) is 0 Å². The summed E-state index contributed by atoms with van der Waals surface area (Å²) in [4.78, 5) is 6.42. The molecule has 1 N–H and O–H groups in total. The molecule has 17 heavy (non-hydrogen) atoms. The smallest absolute Gasteiger partial charge is 0.0722 e. The van der Waals surface area contributed by atoms with E-state index in [-0.39, 0.29) is 6.61 Å². The third-order valence-electron chi connectivity index (χ3n) is 2.69. The number of aromatic nitrogens is 1. The van der Waals surface area contributed by atoms with E-state index < -0.39 is 0 Å². The minimum absolute atomic E-state index is 0.129. The van der Waals surface area contributed by atoms with Gasteiger partial charge in [-0.1, -0.05) is 24.3 Å².